The molecule has 1 aromatic heterocycles. The number of amides is 1. The van der Waals surface area contributed by atoms with Crippen LogP contribution in [-0.2, 0) is 6.54 Å². The van der Waals surface area contributed by atoms with Crippen LogP contribution in [0.3, 0.4) is 0 Å². The molecule has 0 aliphatic heterocycles. The fraction of sp³-hybridized carbons (Fsp3) is 0.692. The van der Waals surface area contributed by atoms with Crippen molar-refractivity contribution in [3.05, 3.63) is 18.0 Å². The monoisotopic (exact) mass is 253 g/mol. The lowest BCUT2D eigenvalue weighted by molar-refractivity contribution is 0.0885. The van der Waals surface area contributed by atoms with Gasteiger partial charge in [0.05, 0.1) is 11.8 Å². The van der Waals surface area contributed by atoms with Crippen molar-refractivity contribution < 1.29 is 9.90 Å². The summed E-state index contributed by atoms with van der Waals surface area (Å²) >= 11 is 0. The zero-order chi connectivity index (χ0) is 13.8. The summed E-state index contributed by atoms with van der Waals surface area (Å²) < 4.78 is 1.72. The number of carbonyl (C=O) groups is 1. The molecule has 0 aliphatic carbocycles. The molecule has 18 heavy (non-hydrogen) atoms. The van der Waals surface area contributed by atoms with E-state index in [-0.39, 0.29) is 24.0 Å². The first kappa shape index (κ1) is 14.7. The molecule has 0 bridgehead atoms. The van der Waals surface area contributed by atoms with E-state index in [2.05, 4.69) is 10.4 Å². The van der Waals surface area contributed by atoms with Crippen molar-refractivity contribution in [1.82, 2.24) is 15.1 Å². The maximum absolute atomic E-state index is 12.1. The zero-order valence-electron chi connectivity index (χ0n) is 11.6. The molecule has 5 heteroatoms. The van der Waals surface area contributed by atoms with Crippen molar-refractivity contribution in [2.24, 2.45) is 5.41 Å². The van der Waals surface area contributed by atoms with Gasteiger partial charge in [0.1, 0.15) is 0 Å². The van der Waals surface area contributed by atoms with Crippen molar-refractivity contribution in [2.45, 2.75) is 46.7 Å². The lowest BCUT2D eigenvalue weighted by Gasteiger charge is -2.30. The van der Waals surface area contributed by atoms with Gasteiger partial charge in [0.15, 0.2) is 0 Å². The molecule has 1 atom stereocenters. The fourth-order valence-corrected chi connectivity index (χ4v) is 1.75. The van der Waals surface area contributed by atoms with E-state index >= 15 is 0 Å². The molecule has 5 nitrogen and oxygen atoms in total. The van der Waals surface area contributed by atoms with E-state index < -0.39 is 0 Å². The van der Waals surface area contributed by atoms with E-state index in [9.17, 15) is 4.79 Å². The number of carbonyl (C=O) groups excluding carboxylic acids is 1. The number of hydrogen-bond acceptors (Lipinski definition) is 3. The molecular formula is C13H23N3O2. The molecule has 0 unspecified atom stereocenters. The molecule has 1 heterocycles. The molecule has 0 radical (unpaired) electrons. The van der Waals surface area contributed by atoms with Gasteiger partial charge in [-0.05, 0) is 18.8 Å². The van der Waals surface area contributed by atoms with Gasteiger partial charge in [0.25, 0.3) is 5.91 Å². The summed E-state index contributed by atoms with van der Waals surface area (Å²) in [6, 6.07) is -0.0556. The molecule has 0 saturated heterocycles. The second-order valence-corrected chi connectivity index (χ2v) is 5.49. The van der Waals surface area contributed by atoms with E-state index in [0.29, 0.717) is 12.0 Å². The van der Waals surface area contributed by atoms with Crippen LogP contribution in [0.15, 0.2) is 12.4 Å². The molecule has 1 amide bonds. The smallest absolute Gasteiger partial charge is 0.254 e. The van der Waals surface area contributed by atoms with Gasteiger partial charge in [0.2, 0.25) is 0 Å². The highest BCUT2D eigenvalue weighted by molar-refractivity contribution is 5.93. The maximum atomic E-state index is 12.1. The van der Waals surface area contributed by atoms with Crippen LogP contribution in [0.4, 0.5) is 0 Å². The first-order chi connectivity index (χ1) is 8.38. The van der Waals surface area contributed by atoms with Gasteiger partial charge in [-0.15, -0.1) is 0 Å². The summed E-state index contributed by atoms with van der Waals surface area (Å²) in [5, 5.41) is 16.1. The molecule has 1 aromatic rings. The predicted octanol–water partition coefficient (Wildman–Crippen LogP) is 1.43. The fourth-order valence-electron chi connectivity index (χ4n) is 1.75. The van der Waals surface area contributed by atoms with E-state index in [1.165, 1.54) is 0 Å². The number of nitrogens with zero attached hydrogens (tertiary/aromatic N) is 2. The van der Waals surface area contributed by atoms with E-state index in [4.69, 9.17) is 5.11 Å². The minimum Gasteiger partial charge on any atom is -0.396 e. The Bertz CT molecular complexity index is 393. The Morgan fingerprint density at radius 2 is 2.22 bits per heavy atom. The Balaban J connectivity index is 2.72. The quantitative estimate of drug-likeness (QED) is 0.834. The lowest BCUT2D eigenvalue weighted by atomic mass is 9.85. The SMILES string of the molecule is CCn1cc(C(=O)N[C@@H](CCO)C(C)(C)C)cn1. The molecule has 0 saturated carbocycles. The summed E-state index contributed by atoms with van der Waals surface area (Å²) in [7, 11) is 0. The van der Waals surface area contributed by atoms with Crippen LogP contribution >= 0.6 is 0 Å². The number of rotatable bonds is 5. The molecule has 2 N–H and O–H groups in total. The molecule has 0 aromatic carbocycles. The molecule has 0 aliphatic rings. The number of aliphatic hydroxyl groups is 1. The van der Waals surface area contributed by atoms with Crippen LogP contribution < -0.4 is 5.32 Å². The van der Waals surface area contributed by atoms with E-state index in [1.807, 2.05) is 27.7 Å². The van der Waals surface area contributed by atoms with Crippen LogP contribution in [0.25, 0.3) is 0 Å². The van der Waals surface area contributed by atoms with Crippen LogP contribution in [0, 0.1) is 5.41 Å². The molecule has 0 spiro atoms. The number of aromatic nitrogens is 2. The Morgan fingerprint density at radius 1 is 1.56 bits per heavy atom. The van der Waals surface area contributed by atoms with E-state index in [0.717, 1.165) is 6.54 Å². The minimum atomic E-state index is -0.136. The van der Waals surface area contributed by atoms with Gasteiger partial charge in [-0.25, -0.2) is 0 Å². The third kappa shape index (κ3) is 3.84. The Morgan fingerprint density at radius 3 is 2.67 bits per heavy atom. The summed E-state index contributed by atoms with van der Waals surface area (Å²) in [6.45, 7) is 8.91. The molecule has 102 valence electrons. The van der Waals surface area contributed by atoms with Crippen LogP contribution in [-0.4, -0.2) is 33.4 Å². The van der Waals surface area contributed by atoms with Gasteiger partial charge < -0.3 is 10.4 Å². The van der Waals surface area contributed by atoms with Gasteiger partial charge in [-0.2, -0.15) is 5.10 Å². The Hall–Kier alpha value is -1.36. The molecule has 0 fully saturated rings. The third-order valence-corrected chi connectivity index (χ3v) is 2.99. The second-order valence-electron chi connectivity index (χ2n) is 5.49. The second kappa shape index (κ2) is 6.00. The Kier molecular flexibility index (Phi) is 4.90. The first-order valence-electron chi connectivity index (χ1n) is 6.32. The first-order valence-corrected chi connectivity index (χ1v) is 6.32. The minimum absolute atomic E-state index is 0.0556. The summed E-state index contributed by atoms with van der Waals surface area (Å²) in [5.41, 5.74) is 0.475. The van der Waals surface area contributed by atoms with E-state index in [1.54, 1.807) is 17.1 Å². The van der Waals surface area contributed by atoms with Gasteiger partial charge in [0, 0.05) is 25.4 Å². The largest absolute Gasteiger partial charge is 0.396 e. The highest BCUT2D eigenvalue weighted by Gasteiger charge is 2.26. The molecular weight excluding hydrogens is 230 g/mol. The predicted molar refractivity (Wildman–Crippen MR) is 70.3 cm³/mol. The average molecular weight is 253 g/mol. The number of nitrogens with one attached hydrogen (secondary N) is 1. The maximum Gasteiger partial charge on any atom is 0.254 e. The average Bonchev–Trinajstić information content (AvgIpc) is 2.75. The van der Waals surface area contributed by atoms with Crippen LogP contribution in [0.5, 0.6) is 0 Å². The van der Waals surface area contributed by atoms with Crippen molar-refractivity contribution in [1.29, 1.82) is 0 Å². The standard InChI is InChI=1S/C13H23N3O2/c1-5-16-9-10(8-14-16)12(18)15-11(6-7-17)13(2,3)4/h8-9,11,17H,5-7H2,1-4H3,(H,15,18)/t11-/m0/s1. The van der Waals surface area contributed by atoms with Crippen molar-refractivity contribution >= 4 is 5.91 Å². The zero-order valence-corrected chi connectivity index (χ0v) is 11.6. The number of aliphatic hydroxyl groups excluding tert-OH is 1. The van der Waals surface area contributed by atoms with Crippen LogP contribution in [0.2, 0.25) is 0 Å². The summed E-state index contributed by atoms with van der Waals surface area (Å²) in [6.07, 6.45) is 3.85. The van der Waals surface area contributed by atoms with Gasteiger partial charge in [-0.3, -0.25) is 9.48 Å². The van der Waals surface area contributed by atoms with Gasteiger partial charge in [-0.1, -0.05) is 20.8 Å². The molecule has 1 rings (SSSR count). The van der Waals surface area contributed by atoms with Crippen molar-refractivity contribution in [3.63, 3.8) is 0 Å². The Labute approximate surface area is 108 Å². The lowest BCUT2D eigenvalue weighted by Crippen LogP contribution is -2.44. The van der Waals surface area contributed by atoms with Gasteiger partial charge >= 0.3 is 0 Å². The van der Waals surface area contributed by atoms with Crippen molar-refractivity contribution in [3.8, 4) is 0 Å². The third-order valence-electron chi connectivity index (χ3n) is 2.99. The normalized spacial score (nSPS) is 13.4. The number of aryl methyl sites for hydroxylation is 1. The van der Waals surface area contributed by atoms with Crippen molar-refractivity contribution in [2.75, 3.05) is 6.61 Å². The van der Waals surface area contributed by atoms with Crippen LogP contribution in [0.1, 0.15) is 44.5 Å². The summed E-state index contributed by atoms with van der Waals surface area (Å²) in [4.78, 5) is 12.1. The summed E-state index contributed by atoms with van der Waals surface area (Å²) in [5.74, 6) is -0.136. The highest BCUT2D eigenvalue weighted by Crippen LogP contribution is 2.21. The topological polar surface area (TPSA) is 67.2 Å². The highest BCUT2D eigenvalue weighted by atomic mass is 16.3. The number of hydrogen-bond donors (Lipinski definition) is 2.